The minimum Gasteiger partial charge on any atom is -0.493 e. The Labute approximate surface area is 351 Å². The van der Waals surface area contributed by atoms with E-state index in [4.69, 9.17) is 14.2 Å². The van der Waals surface area contributed by atoms with Gasteiger partial charge in [0.15, 0.2) is 11.5 Å². The van der Waals surface area contributed by atoms with Gasteiger partial charge in [0.1, 0.15) is 27.6 Å². The van der Waals surface area contributed by atoms with Crippen LogP contribution in [0, 0.1) is 11.3 Å². The van der Waals surface area contributed by atoms with Crippen molar-refractivity contribution in [2.24, 2.45) is 0 Å². The predicted octanol–water partition coefficient (Wildman–Crippen LogP) is 8.81. The molecule has 14 heteroatoms. The highest BCUT2D eigenvalue weighted by Gasteiger charge is 2.31. The SMILES string of the molecule is COc1cccc(/C=C(/NC(=O)c2ccccc2)C(=O)Nc2cccc(SC(C(=O)Nc3sc4c(c3C#N)CCN(C(=O)OC(C)(C)C)C4)c3ccccc3)c2)c1OC. The van der Waals surface area contributed by atoms with Gasteiger partial charge in [-0.2, -0.15) is 5.26 Å². The van der Waals surface area contributed by atoms with Gasteiger partial charge in [0.05, 0.1) is 26.3 Å². The van der Waals surface area contributed by atoms with Crippen LogP contribution in [0.1, 0.15) is 63.5 Å². The van der Waals surface area contributed by atoms with Crippen molar-refractivity contribution in [3.8, 4) is 17.6 Å². The third kappa shape index (κ3) is 10.5. The number of ether oxygens (including phenoxy) is 3. The molecule has 0 spiro atoms. The molecule has 6 rings (SSSR count). The Morgan fingerprint density at radius 3 is 2.29 bits per heavy atom. The third-order valence-electron chi connectivity index (χ3n) is 9.01. The van der Waals surface area contributed by atoms with E-state index in [1.807, 2.05) is 57.2 Å². The van der Waals surface area contributed by atoms with Crippen LogP contribution in [0.2, 0.25) is 0 Å². The van der Waals surface area contributed by atoms with E-state index < -0.39 is 28.8 Å². The number of hydrogen-bond acceptors (Lipinski definition) is 10. The average Bonchev–Trinajstić information content (AvgIpc) is 3.58. The van der Waals surface area contributed by atoms with Crippen LogP contribution in [0.25, 0.3) is 6.08 Å². The molecule has 12 nitrogen and oxygen atoms in total. The maximum atomic E-state index is 14.2. The largest absolute Gasteiger partial charge is 0.493 e. The molecule has 4 amide bonds. The minimum atomic E-state index is -0.757. The first-order chi connectivity index (χ1) is 28.4. The van der Waals surface area contributed by atoms with Gasteiger partial charge in [-0.25, -0.2) is 4.79 Å². The lowest BCUT2D eigenvalue weighted by Gasteiger charge is -2.29. The highest BCUT2D eigenvalue weighted by atomic mass is 32.2. The number of carbonyl (C=O) groups is 4. The Hall–Kier alpha value is -6.56. The summed E-state index contributed by atoms with van der Waals surface area (Å²) >= 11 is 2.55. The maximum Gasteiger partial charge on any atom is 0.410 e. The standard InChI is InChI=1S/C45H43N5O7S2/c1-45(2,3)57-44(54)50-23-22-33-34(26-46)43(59-37(33)27-50)49-42(53)39(28-14-8-6-9-15-28)58-32-20-13-19-31(25-32)47-41(52)35(48-40(51)29-16-10-7-11-17-29)24-30-18-12-21-36(55-4)38(30)56-5/h6-21,24-25,39H,22-23,27H2,1-5H3,(H,47,52)(H,48,51)(H,49,53)/b35-24+. The molecule has 2 heterocycles. The Balaban J connectivity index is 1.24. The van der Waals surface area contributed by atoms with Gasteiger partial charge in [0, 0.05) is 33.1 Å². The first kappa shape index (κ1) is 42.1. The van der Waals surface area contributed by atoms with Crippen LogP contribution < -0.4 is 25.4 Å². The lowest BCUT2D eigenvalue weighted by molar-refractivity contribution is -0.116. The molecule has 1 aromatic heterocycles. The van der Waals surface area contributed by atoms with Gasteiger partial charge in [-0.1, -0.05) is 66.7 Å². The molecule has 1 aliphatic heterocycles. The molecule has 0 aliphatic carbocycles. The van der Waals surface area contributed by atoms with Gasteiger partial charge in [-0.05, 0) is 80.8 Å². The summed E-state index contributed by atoms with van der Waals surface area (Å²) in [5.74, 6) is -0.610. The van der Waals surface area contributed by atoms with Crippen LogP contribution in [0.5, 0.6) is 11.5 Å². The highest BCUT2D eigenvalue weighted by Crippen LogP contribution is 2.41. The summed E-state index contributed by atoms with van der Waals surface area (Å²) in [7, 11) is 3.00. The van der Waals surface area contributed by atoms with Crippen LogP contribution in [0.4, 0.5) is 15.5 Å². The lowest BCUT2D eigenvalue weighted by Crippen LogP contribution is -2.39. The molecule has 3 N–H and O–H groups in total. The summed E-state index contributed by atoms with van der Waals surface area (Å²) in [5.41, 5.74) is 2.50. The van der Waals surface area contributed by atoms with E-state index in [1.54, 1.807) is 71.6 Å². The topological polar surface area (TPSA) is 159 Å². The van der Waals surface area contributed by atoms with Crippen molar-refractivity contribution in [2.45, 2.75) is 49.5 Å². The second-order valence-electron chi connectivity index (χ2n) is 14.3. The number of anilines is 2. The highest BCUT2D eigenvalue weighted by molar-refractivity contribution is 8.00. The molecule has 1 atom stereocenters. The number of fused-ring (bicyclic) bond motifs is 1. The number of hydrogen-bond donors (Lipinski definition) is 3. The summed E-state index contributed by atoms with van der Waals surface area (Å²) in [5, 5.41) is 18.5. The second kappa shape index (κ2) is 18.8. The van der Waals surface area contributed by atoms with Crippen LogP contribution in [-0.2, 0) is 27.3 Å². The van der Waals surface area contributed by atoms with E-state index in [0.717, 1.165) is 16.0 Å². The number of benzene rings is 4. The van der Waals surface area contributed by atoms with E-state index >= 15 is 0 Å². The molecule has 1 aliphatic rings. The lowest BCUT2D eigenvalue weighted by atomic mass is 10.0. The number of rotatable bonds is 12. The van der Waals surface area contributed by atoms with Crippen molar-refractivity contribution >= 4 is 63.7 Å². The number of nitrogens with zero attached hydrogens (tertiary/aromatic N) is 2. The zero-order valence-corrected chi connectivity index (χ0v) is 34.8. The number of para-hydroxylation sites is 1. The van der Waals surface area contributed by atoms with Gasteiger partial charge in [-0.15, -0.1) is 23.1 Å². The normalized spacial score (nSPS) is 12.9. The summed E-state index contributed by atoms with van der Waals surface area (Å²) in [6.45, 7) is 6.10. The molecule has 302 valence electrons. The fraction of sp³-hybridized carbons (Fsp3) is 0.222. The number of thiophene rings is 1. The molecule has 4 aromatic carbocycles. The van der Waals surface area contributed by atoms with E-state index in [0.29, 0.717) is 56.7 Å². The quantitative estimate of drug-likeness (QED) is 0.0825. The van der Waals surface area contributed by atoms with E-state index in [1.165, 1.54) is 43.4 Å². The van der Waals surface area contributed by atoms with Crippen LogP contribution >= 0.6 is 23.1 Å². The minimum absolute atomic E-state index is 0.0499. The number of amides is 4. The smallest absolute Gasteiger partial charge is 0.410 e. The monoisotopic (exact) mass is 829 g/mol. The Bertz CT molecular complexity index is 2420. The average molecular weight is 830 g/mol. The summed E-state index contributed by atoms with van der Waals surface area (Å²) < 4.78 is 16.6. The molecule has 0 saturated carbocycles. The van der Waals surface area contributed by atoms with Crippen molar-refractivity contribution in [3.63, 3.8) is 0 Å². The number of nitrogens with one attached hydrogen (secondary N) is 3. The summed E-state index contributed by atoms with van der Waals surface area (Å²) in [4.78, 5) is 57.4. The van der Waals surface area contributed by atoms with E-state index in [-0.39, 0.29) is 18.1 Å². The molecule has 5 aromatic rings. The van der Waals surface area contributed by atoms with Crippen molar-refractivity contribution in [2.75, 3.05) is 31.4 Å². The number of thioether (sulfide) groups is 1. The van der Waals surface area contributed by atoms with E-state index in [2.05, 4.69) is 22.0 Å². The van der Waals surface area contributed by atoms with Crippen LogP contribution in [-0.4, -0.2) is 55.1 Å². The van der Waals surface area contributed by atoms with Crippen molar-refractivity contribution < 1.29 is 33.4 Å². The molecule has 0 radical (unpaired) electrons. The van der Waals surface area contributed by atoms with Crippen molar-refractivity contribution in [1.29, 1.82) is 5.26 Å². The fourth-order valence-electron chi connectivity index (χ4n) is 6.28. The zero-order valence-electron chi connectivity index (χ0n) is 33.2. The molecule has 0 bridgehead atoms. The number of nitriles is 1. The predicted molar refractivity (Wildman–Crippen MR) is 230 cm³/mol. The number of carbonyl (C=O) groups excluding carboxylic acids is 4. The zero-order chi connectivity index (χ0) is 42.1. The van der Waals surface area contributed by atoms with Crippen molar-refractivity contribution in [3.05, 3.63) is 142 Å². The van der Waals surface area contributed by atoms with Gasteiger partial charge in [-0.3, -0.25) is 14.4 Å². The first-order valence-corrected chi connectivity index (χ1v) is 20.3. The first-order valence-electron chi connectivity index (χ1n) is 18.6. The van der Waals surface area contributed by atoms with Gasteiger partial charge in [0.25, 0.3) is 11.8 Å². The Kier molecular flexibility index (Phi) is 13.4. The molecule has 59 heavy (non-hydrogen) atoms. The fourth-order valence-corrected chi connectivity index (χ4v) is 8.58. The Morgan fingerprint density at radius 2 is 1.61 bits per heavy atom. The number of methoxy groups -OCH3 is 2. The third-order valence-corrected chi connectivity index (χ3v) is 11.4. The van der Waals surface area contributed by atoms with Gasteiger partial charge < -0.3 is 35.1 Å². The Morgan fingerprint density at radius 1 is 0.898 bits per heavy atom. The molecular formula is C45H43N5O7S2. The van der Waals surface area contributed by atoms with Crippen LogP contribution in [0.15, 0.2) is 114 Å². The molecular weight excluding hydrogens is 787 g/mol. The second-order valence-corrected chi connectivity index (χ2v) is 16.6. The summed E-state index contributed by atoms with van der Waals surface area (Å²) in [6.07, 6.45) is 1.54. The summed E-state index contributed by atoms with van der Waals surface area (Å²) in [6, 6.07) is 32.3. The molecule has 0 saturated heterocycles. The molecule has 1 unspecified atom stereocenters. The molecule has 0 fully saturated rings. The maximum absolute atomic E-state index is 14.2. The van der Waals surface area contributed by atoms with Gasteiger partial charge >= 0.3 is 6.09 Å². The van der Waals surface area contributed by atoms with Crippen molar-refractivity contribution in [1.82, 2.24) is 10.2 Å². The van der Waals surface area contributed by atoms with E-state index in [9.17, 15) is 24.4 Å². The van der Waals surface area contributed by atoms with Gasteiger partial charge in [0.2, 0.25) is 5.91 Å². The van der Waals surface area contributed by atoms with Crippen LogP contribution in [0.3, 0.4) is 0 Å².